The summed E-state index contributed by atoms with van der Waals surface area (Å²) < 4.78 is 0. The summed E-state index contributed by atoms with van der Waals surface area (Å²) in [5.74, 6) is -0.474. The second-order valence-corrected chi connectivity index (χ2v) is 5.80. The largest absolute Gasteiger partial charge is 0.399 e. The molecule has 25 heavy (non-hydrogen) atoms. The first kappa shape index (κ1) is 20.5. The monoisotopic (exact) mass is 361 g/mol. The molecule has 0 bridgehead atoms. The standard InChI is InChI=1S/C19H23N3O2.ClH/c1-14-5-4-7-16(13-14)22(12-11-18(21)23)19(24)10-9-15-6-2-3-8-17(15)20;/h2-8,13H,9-12,20H2,1H3,(H2,21,23);1H. The van der Waals surface area contributed by atoms with E-state index in [4.69, 9.17) is 11.5 Å². The zero-order valence-electron chi connectivity index (χ0n) is 14.3. The number of para-hydroxylation sites is 1. The third-order valence-electron chi connectivity index (χ3n) is 3.86. The summed E-state index contributed by atoms with van der Waals surface area (Å²) in [6, 6.07) is 15.2. The van der Waals surface area contributed by atoms with Gasteiger partial charge in [0.1, 0.15) is 0 Å². The Morgan fingerprint density at radius 3 is 2.40 bits per heavy atom. The van der Waals surface area contributed by atoms with Crippen molar-refractivity contribution in [3.8, 4) is 0 Å². The number of carbonyl (C=O) groups excluding carboxylic acids is 2. The van der Waals surface area contributed by atoms with Crippen molar-refractivity contribution < 1.29 is 9.59 Å². The maximum atomic E-state index is 12.7. The van der Waals surface area contributed by atoms with Crippen molar-refractivity contribution in [3.05, 3.63) is 59.7 Å². The Labute approximate surface area is 154 Å². The quantitative estimate of drug-likeness (QED) is 0.743. The molecule has 0 saturated carbocycles. The van der Waals surface area contributed by atoms with E-state index in [1.807, 2.05) is 55.5 Å². The van der Waals surface area contributed by atoms with Crippen LogP contribution in [0.15, 0.2) is 48.5 Å². The highest BCUT2D eigenvalue weighted by Gasteiger charge is 2.17. The molecule has 2 amide bonds. The molecule has 2 aromatic carbocycles. The minimum Gasteiger partial charge on any atom is -0.399 e. The van der Waals surface area contributed by atoms with E-state index in [-0.39, 0.29) is 31.3 Å². The summed E-state index contributed by atoms with van der Waals surface area (Å²) in [4.78, 5) is 25.4. The number of amides is 2. The fourth-order valence-electron chi connectivity index (χ4n) is 2.55. The van der Waals surface area contributed by atoms with Gasteiger partial charge in [-0.15, -0.1) is 12.4 Å². The molecule has 0 aliphatic heterocycles. The van der Waals surface area contributed by atoms with E-state index in [1.54, 1.807) is 4.90 Å². The minimum atomic E-state index is -0.423. The van der Waals surface area contributed by atoms with Gasteiger partial charge in [-0.1, -0.05) is 30.3 Å². The molecule has 0 aliphatic carbocycles. The van der Waals surface area contributed by atoms with Gasteiger partial charge in [-0.3, -0.25) is 9.59 Å². The Hall–Kier alpha value is -2.53. The predicted molar refractivity (Wildman–Crippen MR) is 104 cm³/mol. The number of rotatable bonds is 7. The number of hydrogen-bond donors (Lipinski definition) is 2. The molecular weight excluding hydrogens is 338 g/mol. The average Bonchev–Trinajstić information content (AvgIpc) is 2.54. The number of benzene rings is 2. The number of nitrogen functional groups attached to an aromatic ring is 1. The molecule has 2 rings (SSSR count). The SMILES string of the molecule is Cc1cccc(N(CCC(N)=O)C(=O)CCc2ccccc2N)c1.Cl. The molecule has 5 nitrogen and oxygen atoms in total. The number of primary amides is 1. The zero-order valence-corrected chi connectivity index (χ0v) is 15.1. The van der Waals surface area contributed by atoms with Crippen LogP contribution < -0.4 is 16.4 Å². The van der Waals surface area contributed by atoms with Gasteiger partial charge in [0.25, 0.3) is 0 Å². The summed E-state index contributed by atoms with van der Waals surface area (Å²) in [7, 11) is 0. The van der Waals surface area contributed by atoms with Crippen molar-refractivity contribution in [1.29, 1.82) is 0 Å². The Balaban J connectivity index is 0.00000312. The summed E-state index contributed by atoms with van der Waals surface area (Å²) >= 11 is 0. The van der Waals surface area contributed by atoms with E-state index in [2.05, 4.69) is 0 Å². The first-order valence-electron chi connectivity index (χ1n) is 7.96. The van der Waals surface area contributed by atoms with E-state index in [0.29, 0.717) is 18.5 Å². The van der Waals surface area contributed by atoms with Gasteiger partial charge in [0.15, 0.2) is 0 Å². The third-order valence-corrected chi connectivity index (χ3v) is 3.86. The van der Waals surface area contributed by atoms with Crippen LogP contribution in [0.3, 0.4) is 0 Å². The second-order valence-electron chi connectivity index (χ2n) is 5.80. The molecule has 2 aromatic rings. The molecule has 0 spiro atoms. The molecule has 0 radical (unpaired) electrons. The first-order valence-corrected chi connectivity index (χ1v) is 7.96. The van der Waals surface area contributed by atoms with Crippen LogP contribution >= 0.6 is 12.4 Å². The molecule has 134 valence electrons. The Morgan fingerprint density at radius 2 is 1.76 bits per heavy atom. The van der Waals surface area contributed by atoms with Gasteiger partial charge in [-0.05, 0) is 42.7 Å². The summed E-state index contributed by atoms with van der Waals surface area (Å²) in [5, 5.41) is 0. The molecule has 0 saturated heterocycles. The van der Waals surface area contributed by atoms with Crippen molar-refractivity contribution >= 4 is 35.6 Å². The van der Waals surface area contributed by atoms with Crippen LogP contribution in [0.25, 0.3) is 0 Å². The molecule has 0 fully saturated rings. The maximum Gasteiger partial charge on any atom is 0.227 e. The molecule has 0 aliphatic rings. The van der Waals surface area contributed by atoms with Crippen LogP contribution in [-0.4, -0.2) is 18.4 Å². The van der Waals surface area contributed by atoms with Crippen molar-refractivity contribution in [2.45, 2.75) is 26.2 Å². The maximum absolute atomic E-state index is 12.7. The number of nitrogens with two attached hydrogens (primary N) is 2. The number of carbonyl (C=O) groups is 2. The highest BCUT2D eigenvalue weighted by molar-refractivity contribution is 5.94. The first-order chi connectivity index (χ1) is 11.5. The van der Waals surface area contributed by atoms with Crippen LogP contribution in [0.2, 0.25) is 0 Å². The zero-order chi connectivity index (χ0) is 17.5. The Morgan fingerprint density at radius 1 is 1.04 bits per heavy atom. The van der Waals surface area contributed by atoms with Gasteiger partial charge in [-0.25, -0.2) is 0 Å². The number of nitrogens with zero attached hydrogens (tertiary/aromatic N) is 1. The number of halogens is 1. The second kappa shape index (κ2) is 9.69. The number of hydrogen-bond acceptors (Lipinski definition) is 3. The van der Waals surface area contributed by atoms with Crippen molar-refractivity contribution in [1.82, 2.24) is 0 Å². The molecule has 4 N–H and O–H groups in total. The third kappa shape index (κ3) is 6.12. The lowest BCUT2D eigenvalue weighted by Crippen LogP contribution is -2.34. The summed E-state index contributed by atoms with van der Waals surface area (Å²) in [5.41, 5.74) is 14.6. The molecule has 0 atom stereocenters. The van der Waals surface area contributed by atoms with E-state index in [0.717, 1.165) is 16.8 Å². The molecule has 0 unspecified atom stereocenters. The van der Waals surface area contributed by atoms with Crippen LogP contribution in [-0.2, 0) is 16.0 Å². The summed E-state index contributed by atoms with van der Waals surface area (Å²) in [6.45, 7) is 2.24. The normalized spacial score (nSPS) is 9.96. The van der Waals surface area contributed by atoms with Crippen molar-refractivity contribution in [3.63, 3.8) is 0 Å². The summed E-state index contributed by atoms with van der Waals surface area (Å²) in [6.07, 6.45) is 1.01. The number of aryl methyl sites for hydroxylation is 2. The molecular formula is C19H24ClN3O2. The highest BCUT2D eigenvalue weighted by Crippen LogP contribution is 2.19. The fraction of sp³-hybridized carbons (Fsp3) is 0.263. The van der Waals surface area contributed by atoms with E-state index in [1.165, 1.54) is 0 Å². The Kier molecular flexibility index (Phi) is 7.95. The van der Waals surface area contributed by atoms with Crippen LogP contribution in [0, 0.1) is 6.92 Å². The van der Waals surface area contributed by atoms with Crippen molar-refractivity contribution in [2.24, 2.45) is 5.73 Å². The van der Waals surface area contributed by atoms with Gasteiger partial charge in [0, 0.05) is 30.8 Å². The lowest BCUT2D eigenvalue weighted by atomic mass is 10.1. The van der Waals surface area contributed by atoms with E-state index >= 15 is 0 Å². The fourth-order valence-corrected chi connectivity index (χ4v) is 2.55. The minimum absolute atomic E-state index is 0. The van der Waals surface area contributed by atoms with Crippen LogP contribution in [0.1, 0.15) is 24.0 Å². The highest BCUT2D eigenvalue weighted by atomic mass is 35.5. The lowest BCUT2D eigenvalue weighted by molar-refractivity contribution is -0.119. The smallest absolute Gasteiger partial charge is 0.227 e. The van der Waals surface area contributed by atoms with Crippen molar-refractivity contribution in [2.75, 3.05) is 17.2 Å². The Bertz CT molecular complexity index is 734. The molecule has 0 heterocycles. The molecule has 6 heteroatoms. The van der Waals surface area contributed by atoms with Gasteiger partial charge in [0.05, 0.1) is 0 Å². The van der Waals surface area contributed by atoms with E-state index < -0.39 is 5.91 Å². The predicted octanol–water partition coefficient (Wildman–Crippen LogP) is 2.84. The number of anilines is 2. The molecule has 0 aromatic heterocycles. The van der Waals surface area contributed by atoms with Gasteiger partial charge in [0.2, 0.25) is 11.8 Å². The van der Waals surface area contributed by atoms with Gasteiger partial charge >= 0.3 is 0 Å². The topological polar surface area (TPSA) is 89.4 Å². The van der Waals surface area contributed by atoms with Crippen LogP contribution in [0.4, 0.5) is 11.4 Å². The van der Waals surface area contributed by atoms with Crippen LogP contribution in [0.5, 0.6) is 0 Å². The average molecular weight is 362 g/mol. The van der Waals surface area contributed by atoms with Gasteiger partial charge < -0.3 is 16.4 Å². The van der Waals surface area contributed by atoms with Gasteiger partial charge in [-0.2, -0.15) is 0 Å². The van der Waals surface area contributed by atoms with E-state index in [9.17, 15) is 9.59 Å². The lowest BCUT2D eigenvalue weighted by Gasteiger charge is -2.23.